The van der Waals surface area contributed by atoms with Gasteiger partial charge in [-0.1, -0.05) is 30.4 Å². The fraction of sp³-hybridized carbons (Fsp3) is 0.458. The Kier molecular flexibility index (Phi) is 21.2. The molecule has 1 saturated heterocycles. The molecule has 26 heteroatoms. The number of imidazole rings is 3. The van der Waals surface area contributed by atoms with E-state index in [0.29, 0.717) is 92.7 Å². The first-order valence-corrected chi connectivity index (χ1v) is 41.2. The van der Waals surface area contributed by atoms with Crippen LogP contribution in [0.4, 0.5) is 9.59 Å². The van der Waals surface area contributed by atoms with Crippen molar-refractivity contribution in [2.45, 2.75) is 199 Å². The molecule has 15 heterocycles. The molecular weight excluding hydrogens is 1460 g/mol. The van der Waals surface area contributed by atoms with Crippen molar-refractivity contribution < 1.29 is 37.5 Å². The van der Waals surface area contributed by atoms with E-state index in [1.165, 1.54) is 81.5 Å². The maximum atomic E-state index is 12.5. The minimum absolute atomic E-state index is 0.264. The van der Waals surface area contributed by atoms with Gasteiger partial charge in [0.2, 0.25) is 10.0 Å². The molecule has 2 amide bonds. The summed E-state index contributed by atoms with van der Waals surface area (Å²) in [6.45, 7) is 20.5. The number of fused-ring (bicyclic) bond motifs is 15. The monoisotopic (exact) mass is 1550 g/mol. The van der Waals surface area contributed by atoms with Crippen molar-refractivity contribution in [2.75, 3.05) is 45.5 Å². The van der Waals surface area contributed by atoms with Gasteiger partial charge in [-0.3, -0.25) is 29.9 Å². The number of piperidine rings is 1. The first-order chi connectivity index (χ1) is 52.1. The third-order valence-electron chi connectivity index (χ3n) is 22.4. The normalized spacial score (nSPS) is 21.1. The predicted octanol–water partition coefficient (Wildman–Crippen LogP) is 15.1. The Hall–Kier alpha value is -9.08. The zero-order chi connectivity index (χ0) is 76.4. The molecule has 9 aromatic rings. The van der Waals surface area contributed by atoms with Crippen molar-refractivity contribution in [2.24, 2.45) is 0 Å². The number of carbonyl (C=O) groups is 2. The molecule has 0 aromatic carbocycles. The van der Waals surface area contributed by atoms with Gasteiger partial charge in [-0.2, -0.15) is 0 Å². The van der Waals surface area contributed by atoms with Gasteiger partial charge in [-0.05, 0) is 251 Å². The lowest BCUT2D eigenvalue weighted by Gasteiger charge is -2.30. The van der Waals surface area contributed by atoms with Gasteiger partial charge in [0.05, 0.1) is 46.1 Å². The third kappa shape index (κ3) is 16.1. The SMILES string of the molecule is CC(C)(C)OC(=O)N1CC=C(c2cc(B(O)O)ccn2)CC1.Cc1cccc(-c2nc3n(c2-c2ccnc(C4=CCN(C(=O)OC(C)(C)C)CC4)c2)C2CCC3C2)n1.Cc1cccc(-c2nc3n(c2-c2ccnc(C4CCN(S(C)(=O)=O)CC4)c2)C2CCC3C2)n1.Cc1cccc(-c2nc3n(c2Br)C2CCC3C2)n1. The van der Waals surface area contributed by atoms with Crippen LogP contribution in [0.5, 0.6) is 0 Å². The van der Waals surface area contributed by atoms with Gasteiger partial charge < -0.3 is 43.0 Å². The van der Waals surface area contributed by atoms with Crippen LogP contribution in [-0.2, 0) is 19.5 Å². The fourth-order valence-electron chi connectivity index (χ4n) is 17.3. The van der Waals surface area contributed by atoms with Gasteiger partial charge in [0, 0.05) is 134 Å². The second kappa shape index (κ2) is 30.7. The van der Waals surface area contributed by atoms with Gasteiger partial charge in [-0.15, -0.1) is 0 Å². The van der Waals surface area contributed by atoms with E-state index in [9.17, 15) is 28.1 Å². The molecule has 2 N–H and O–H groups in total. The lowest BCUT2D eigenvalue weighted by molar-refractivity contribution is 0.0260. The van der Waals surface area contributed by atoms with Crippen LogP contribution in [0.2, 0.25) is 0 Å². The zero-order valence-electron chi connectivity index (χ0n) is 63.9. The van der Waals surface area contributed by atoms with E-state index in [1.807, 2.05) is 117 Å². The Morgan fingerprint density at radius 3 is 1.35 bits per heavy atom. The van der Waals surface area contributed by atoms with Crippen molar-refractivity contribution in [3.8, 4) is 56.7 Å². The highest BCUT2D eigenvalue weighted by molar-refractivity contribution is 9.10. The summed E-state index contributed by atoms with van der Waals surface area (Å²) in [5.74, 6) is 5.71. The summed E-state index contributed by atoms with van der Waals surface area (Å²) in [5, 5.41) is 18.4. The molecular formula is C83H97BBrN15O8S. The number of hydrogen-bond donors (Lipinski definition) is 2. The number of hydrogen-bond acceptors (Lipinski definition) is 17. The average Bonchev–Trinajstić information content (AvgIpc) is 1.57. The van der Waals surface area contributed by atoms with Crippen LogP contribution < -0.4 is 5.46 Å². The molecule has 3 aliphatic carbocycles. The van der Waals surface area contributed by atoms with E-state index in [2.05, 4.69) is 88.1 Å². The summed E-state index contributed by atoms with van der Waals surface area (Å²) < 4.78 is 44.7. The topological polar surface area (TPSA) is 268 Å². The maximum Gasteiger partial charge on any atom is 0.488 e. The van der Waals surface area contributed by atoms with E-state index >= 15 is 0 Å². The molecule has 6 unspecified atom stereocenters. The van der Waals surface area contributed by atoms with Crippen LogP contribution in [0.15, 0.2) is 126 Å². The van der Waals surface area contributed by atoms with Crippen molar-refractivity contribution in [1.82, 2.24) is 72.7 Å². The summed E-state index contributed by atoms with van der Waals surface area (Å²) in [7, 11) is -4.64. The first-order valence-electron chi connectivity index (χ1n) is 38.5. The largest absolute Gasteiger partial charge is 0.488 e. The molecule has 9 aliphatic rings. The molecule has 6 atom stereocenters. The number of sulfonamides is 1. The molecule has 6 bridgehead atoms. The lowest BCUT2D eigenvalue weighted by atomic mass is 9.80. The van der Waals surface area contributed by atoms with Gasteiger partial charge in [0.15, 0.2) is 0 Å². The second-order valence-corrected chi connectivity index (χ2v) is 35.3. The van der Waals surface area contributed by atoms with Gasteiger partial charge in [-0.25, -0.2) is 37.3 Å². The molecule has 109 heavy (non-hydrogen) atoms. The van der Waals surface area contributed by atoms with Crippen LogP contribution in [0, 0.1) is 20.8 Å². The van der Waals surface area contributed by atoms with E-state index in [-0.39, 0.29) is 18.1 Å². The highest BCUT2D eigenvalue weighted by Gasteiger charge is 2.45. The molecule has 9 aromatic heterocycles. The molecule has 6 aliphatic heterocycles. The number of pyridine rings is 6. The smallest absolute Gasteiger partial charge is 0.444 e. The number of amides is 2. The molecule has 3 saturated carbocycles. The van der Waals surface area contributed by atoms with Crippen LogP contribution in [0.3, 0.4) is 0 Å². The van der Waals surface area contributed by atoms with Gasteiger partial charge in [0.25, 0.3) is 0 Å². The summed E-state index contributed by atoms with van der Waals surface area (Å²) in [4.78, 5) is 70.9. The third-order valence-corrected chi connectivity index (χ3v) is 24.5. The molecule has 23 nitrogen and oxygen atoms in total. The van der Waals surface area contributed by atoms with Crippen LogP contribution in [0.1, 0.15) is 218 Å². The van der Waals surface area contributed by atoms with Crippen LogP contribution >= 0.6 is 15.9 Å². The summed E-state index contributed by atoms with van der Waals surface area (Å²) in [5.41, 5.74) is 17.6. The maximum absolute atomic E-state index is 12.5. The first kappa shape index (κ1) is 75.3. The minimum atomic E-state index is -3.13. The Balaban J connectivity index is 0.000000120. The van der Waals surface area contributed by atoms with E-state index in [1.54, 1.807) is 32.4 Å². The second-order valence-electron chi connectivity index (χ2n) is 32.5. The Morgan fingerprint density at radius 2 is 0.917 bits per heavy atom. The molecule has 18 rings (SSSR count). The fourth-order valence-corrected chi connectivity index (χ4v) is 18.9. The van der Waals surface area contributed by atoms with Crippen LogP contribution in [-0.4, -0.2) is 167 Å². The summed E-state index contributed by atoms with van der Waals surface area (Å²) in [6.07, 6.45) is 24.2. The van der Waals surface area contributed by atoms with E-state index in [0.717, 1.165) is 120 Å². The summed E-state index contributed by atoms with van der Waals surface area (Å²) in [6, 6.07) is 31.8. The van der Waals surface area contributed by atoms with Gasteiger partial charge in [0.1, 0.15) is 50.4 Å². The average molecular weight is 1560 g/mol. The van der Waals surface area contributed by atoms with Crippen LogP contribution in [0.25, 0.3) is 67.8 Å². The zero-order valence-corrected chi connectivity index (χ0v) is 66.3. The number of rotatable bonds is 10. The number of carbonyl (C=O) groups excluding carboxylic acids is 2. The molecule has 0 spiro atoms. The van der Waals surface area contributed by atoms with Crippen molar-refractivity contribution in [3.63, 3.8) is 0 Å². The van der Waals surface area contributed by atoms with Gasteiger partial charge >= 0.3 is 19.3 Å². The predicted molar refractivity (Wildman–Crippen MR) is 425 cm³/mol. The number of ether oxygens (including phenoxy) is 2. The number of nitrogens with zero attached hydrogens (tertiary/aromatic N) is 15. The highest BCUT2D eigenvalue weighted by Crippen LogP contribution is 2.55. The Labute approximate surface area is 647 Å². The van der Waals surface area contributed by atoms with Crippen molar-refractivity contribution in [1.29, 1.82) is 0 Å². The quantitative estimate of drug-likeness (QED) is 0.120. The highest BCUT2D eigenvalue weighted by atomic mass is 79.9. The molecule has 568 valence electrons. The standard InChI is InChI=1S/C29H33N5O2.C25H29N5O2S.C15H21BN2O4.C14H14BrN3/c1-18-6-5-7-23(31-18)25-26(34-22-9-8-21(16-22)27(34)32-25)20-10-13-30-24(17-20)19-11-14-33(15-12-19)28(35)36-29(2,3)4;1-16-4-3-5-21(27-16)23-24(30-20-7-6-19(14-20)25(30)28-23)18-8-11-26-22(15-18)17-9-12-29(13-10-17)33(2,31)32;1-15(2,3)22-14(19)18-8-5-11(6-9-18)13-10-12(16(20)21)4-7-17-13;1-8-3-2-4-11(16-8)12-13(15)18-10-6-5-9(7-10)14(18)17-12/h5-7,10-11,13,17,21-22H,8-9,12,14-16H2,1-4H3;3-5,8,11,15,17,19-20H,6-7,9-10,12-14H2,1-2H3;4-5,7,10,20-21H,6,8-9H2,1-3H3;2-4,9-10H,5-7H2,1H3. The number of aromatic nitrogens is 12. The van der Waals surface area contributed by atoms with Crippen molar-refractivity contribution >= 4 is 61.9 Å². The lowest BCUT2D eigenvalue weighted by Crippen LogP contribution is -2.39. The molecule has 4 fully saturated rings. The van der Waals surface area contributed by atoms with E-state index < -0.39 is 28.3 Å². The van der Waals surface area contributed by atoms with E-state index in [4.69, 9.17) is 44.4 Å². The number of halogens is 1. The molecule has 0 radical (unpaired) electrons. The Bertz CT molecular complexity index is 5130. The summed E-state index contributed by atoms with van der Waals surface area (Å²) >= 11 is 3.73. The Morgan fingerprint density at radius 1 is 0.495 bits per heavy atom. The number of aryl methyl sites for hydroxylation is 3. The minimum Gasteiger partial charge on any atom is -0.444 e. The van der Waals surface area contributed by atoms with Crippen molar-refractivity contribution in [3.05, 3.63) is 178 Å².